The van der Waals surface area contributed by atoms with Crippen molar-refractivity contribution < 1.29 is 4.74 Å². The summed E-state index contributed by atoms with van der Waals surface area (Å²) in [4.78, 5) is 41.7. The number of anilines is 1. The molecule has 1 fully saturated rings. The molecule has 9 heteroatoms. The molecule has 0 unspecified atom stereocenters. The Kier molecular flexibility index (Phi) is 7.08. The van der Waals surface area contributed by atoms with Crippen LogP contribution in [-0.2, 0) is 37.7 Å². The fourth-order valence-electron chi connectivity index (χ4n) is 5.29. The molecule has 4 heterocycles. The van der Waals surface area contributed by atoms with Crippen molar-refractivity contribution >= 4 is 5.82 Å². The molecule has 0 bridgehead atoms. The minimum absolute atomic E-state index is 0.314. The van der Waals surface area contributed by atoms with Crippen LogP contribution >= 0.6 is 0 Å². The van der Waals surface area contributed by atoms with Gasteiger partial charge in [-0.2, -0.15) is 0 Å². The number of hydrogen-bond acceptors (Lipinski definition) is 7. The third kappa shape index (κ3) is 5.55. The van der Waals surface area contributed by atoms with Crippen molar-refractivity contribution in [3.8, 4) is 11.4 Å². The van der Waals surface area contributed by atoms with Gasteiger partial charge in [-0.3, -0.25) is 14.3 Å². The van der Waals surface area contributed by atoms with Gasteiger partial charge in [-0.1, -0.05) is 54.6 Å². The van der Waals surface area contributed by atoms with Crippen LogP contribution in [0.25, 0.3) is 11.4 Å². The number of aromatic nitrogens is 4. The maximum atomic E-state index is 12.0. The molecular weight excluding hydrogens is 492 g/mol. The standard InChI is InChI=1S/C30H32N6O3/c1-34-27(37)18-24(31-30(34)38)17-21-7-9-23(10-8-21)28-32-26-11-12-35(19-22-5-3-2-4-6-22)20-25(26)29(33-28)36-13-15-39-16-14-36/h2-10,18H,11-17,19-20H2,1H3,(H,31,38). The number of hydrogen-bond donors (Lipinski definition) is 1. The highest BCUT2D eigenvalue weighted by Crippen LogP contribution is 2.31. The number of H-pyrrole nitrogens is 1. The normalized spacial score (nSPS) is 15.8. The molecule has 6 rings (SSSR count). The van der Waals surface area contributed by atoms with Crippen LogP contribution in [0.3, 0.4) is 0 Å². The Balaban J connectivity index is 1.28. The maximum absolute atomic E-state index is 12.0. The highest BCUT2D eigenvalue weighted by molar-refractivity contribution is 5.61. The number of ether oxygens (including phenoxy) is 1. The molecule has 2 aliphatic heterocycles. The van der Waals surface area contributed by atoms with Crippen molar-refractivity contribution in [3.05, 3.63) is 110 Å². The van der Waals surface area contributed by atoms with Gasteiger partial charge < -0.3 is 14.6 Å². The van der Waals surface area contributed by atoms with Crippen molar-refractivity contribution in [1.29, 1.82) is 0 Å². The van der Waals surface area contributed by atoms with E-state index in [-0.39, 0.29) is 5.56 Å². The third-order valence-corrected chi connectivity index (χ3v) is 7.48. The minimum atomic E-state index is -0.408. The Morgan fingerprint density at radius 1 is 0.923 bits per heavy atom. The molecule has 2 aromatic heterocycles. The Bertz CT molecular complexity index is 1540. The molecule has 4 aromatic rings. The van der Waals surface area contributed by atoms with Crippen molar-refractivity contribution in [2.75, 3.05) is 37.7 Å². The Hall–Kier alpha value is -4.08. The summed E-state index contributed by atoms with van der Waals surface area (Å²) in [7, 11) is 1.46. The van der Waals surface area contributed by atoms with Gasteiger partial charge in [-0.25, -0.2) is 14.8 Å². The van der Waals surface area contributed by atoms with Gasteiger partial charge >= 0.3 is 5.69 Å². The largest absolute Gasteiger partial charge is 0.378 e. The number of nitrogens with one attached hydrogen (secondary N) is 1. The van der Waals surface area contributed by atoms with Gasteiger partial charge in [0.2, 0.25) is 0 Å². The molecule has 2 aliphatic rings. The fraction of sp³-hybridized carbons (Fsp3) is 0.333. The van der Waals surface area contributed by atoms with Gasteiger partial charge in [0.25, 0.3) is 5.56 Å². The summed E-state index contributed by atoms with van der Waals surface area (Å²) in [5.74, 6) is 1.73. The van der Waals surface area contributed by atoms with Crippen LogP contribution < -0.4 is 16.1 Å². The van der Waals surface area contributed by atoms with Crippen molar-refractivity contribution in [2.24, 2.45) is 7.05 Å². The number of morpholine rings is 1. The van der Waals surface area contributed by atoms with Gasteiger partial charge in [-0.15, -0.1) is 0 Å². The molecule has 0 atom stereocenters. The molecular formula is C30H32N6O3. The van der Waals surface area contributed by atoms with E-state index in [0.29, 0.717) is 25.3 Å². The summed E-state index contributed by atoms with van der Waals surface area (Å²) >= 11 is 0. The first-order valence-corrected chi connectivity index (χ1v) is 13.4. The van der Waals surface area contributed by atoms with Crippen LogP contribution in [-0.4, -0.2) is 57.3 Å². The first-order chi connectivity index (χ1) is 19.0. The zero-order valence-electron chi connectivity index (χ0n) is 22.1. The monoisotopic (exact) mass is 524 g/mol. The quantitative estimate of drug-likeness (QED) is 0.414. The average molecular weight is 525 g/mol. The number of nitrogens with zero attached hydrogens (tertiary/aromatic N) is 5. The predicted molar refractivity (Wildman–Crippen MR) is 150 cm³/mol. The molecule has 1 saturated heterocycles. The number of aromatic amines is 1. The van der Waals surface area contributed by atoms with E-state index in [4.69, 9.17) is 14.7 Å². The Labute approximate surface area is 226 Å². The van der Waals surface area contributed by atoms with E-state index in [1.54, 1.807) is 0 Å². The summed E-state index contributed by atoms with van der Waals surface area (Å²) in [6.07, 6.45) is 1.34. The molecule has 200 valence electrons. The Morgan fingerprint density at radius 2 is 1.69 bits per heavy atom. The minimum Gasteiger partial charge on any atom is -0.378 e. The lowest BCUT2D eigenvalue weighted by Gasteiger charge is -2.34. The highest BCUT2D eigenvalue weighted by atomic mass is 16.5. The number of rotatable bonds is 6. The van der Waals surface area contributed by atoms with Crippen molar-refractivity contribution in [1.82, 2.24) is 24.4 Å². The van der Waals surface area contributed by atoms with E-state index in [1.807, 2.05) is 24.3 Å². The first kappa shape index (κ1) is 25.2. The molecule has 2 aromatic carbocycles. The molecule has 9 nitrogen and oxygen atoms in total. The second-order valence-electron chi connectivity index (χ2n) is 10.2. The lowest BCUT2D eigenvalue weighted by Crippen LogP contribution is -2.39. The SMILES string of the molecule is Cn1c(=O)cc(Cc2ccc(-c3nc4c(c(N5CCOCC5)n3)CN(Cc3ccccc3)CC4)cc2)[nH]c1=O. The lowest BCUT2D eigenvalue weighted by molar-refractivity contribution is 0.122. The van der Waals surface area contributed by atoms with E-state index < -0.39 is 5.69 Å². The fourth-order valence-corrected chi connectivity index (χ4v) is 5.29. The second-order valence-corrected chi connectivity index (χ2v) is 10.2. The lowest BCUT2D eigenvalue weighted by atomic mass is 10.0. The maximum Gasteiger partial charge on any atom is 0.328 e. The van der Waals surface area contributed by atoms with Crippen LogP contribution in [0, 0.1) is 0 Å². The average Bonchev–Trinajstić information content (AvgIpc) is 2.97. The van der Waals surface area contributed by atoms with Gasteiger partial charge in [0, 0.05) is 75.5 Å². The number of fused-ring (bicyclic) bond motifs is 1. The zero-order chi connectivity index (χ0) is 26.8. The van der Waals surface area contributed by atoms with Crippen LogP contribution in [0.4, 0.5) is 5.82 Å². The smallest absolute Gasteiger partial charge is 0.328 e. The second kappa shape index (κ2) is 11.0. The van der Waals surface area contributed by atoms with Gasteiger partial charge in [0.05, 0.1) is 18.9 Å². The van der Waals surface area contributed by atoms with Crippen LogP contribution in [0.15, 0.2) is 70.3 Å². The molecule has 0 spiro atoms. The highest BCUT2D eigenvalue weighted by Gasteiger charge is 2.26. The van der Waals surface area contributed by atoms with E-state index in [1.165, 1.54) is 24.2 Å². The molecule has 1 N–H and O–H groups in total. The van der Waals surface area contributed by atoms with Crippen molar-refractivity contribution in [2.45, 2.75) is 25.9 Å². The van der Waals surface area contributed by atoms with Crippen molar-refractivity contribution in [3.63, 3.8) is 0 Å². The summed E-state index contributed by atoms with van der Waals surface area (Å²) in [6.45, 7) is 5.71. The molecule has 0 radical (unpaired) electrons. The number of benzene rings is 2. The van der Waals surface area contributed by atoms with Crippen LogP contribution in [0.2, 0.25) is 0 Å². The van der Waals surface area contributed by atoms with E-state index in [0.717, 1.165) is 72.2 Å². The van der Waals surface area contributed by atoms with E-state index in [2.05, 4.69) is 45.1 Å². The molecule has 0 saturated carbocycles. The van der Waals surface area contributed by atoms with Crippen LogP contribution in [0.1, 0.15) is 28.1 Å². The van der Waals surface area contributed by atoms with E-state index >= 15 is 0 Å². The first-order valence-electron chi connectivity index (χ1n) is 13.4. The topological polar surface area (TPSA) is 96.3 Å². The van der Waals surface area contributed by atoms with Crippen LogP contribution in [0.5, 0.6) is 0 Å². The summed E-state index contributed by atoms with van der Waals surface area (Å²) in [5, 5.41) is 0. The molecule has 0 aliphatic carbocycles. The summed E-state index contributed by atoms with van der Waals surface area (Å²) < 4.78 is 6.69. The zero-order valence-corrected chi connectivity index (χ0v) is 22.1. The predicted octanol–water partition coefficient (Wildman–Crippen LogP) is 2.52. The summed E-state index contributed by atoms with van der Waals surface area (Å²) in [6, 6.07) is 20.1. The molecule has 0 amide bonds. The molecule has 39 heavy (non-hydrogen) atoms. The Morgan fingerprint density at radius 3 is 2.44 bits per heavy atom. The third-order valence-electron chi connectivity index (χ3n) is 7.48. The summed E-state index contributed by atoms with van der Waals surface area (Å²) in [5.41, 5.74) is 5.45. The van der Waals surface area contributed by atoms with E-state index in [9.17, 15) is 9.59 Å². The van der Waals surface area contributed by atoms with Gasteiger partial charge in [0.15, 0.2) is 5.82 Å². The van der Waals surface area contributed by atoms with Gasteiger partial charge in [0.1, 0.15) is 5.82 Å². The van der Waals surface area contributed by atoms with Gasteiger partial charge in [-0.05, 0) is 11.1 Å².